The van der Waals surface area contributed by atoms with Gasteiger partial charge in [0.1, 0.15) is 5.60 Å². The summed E-state index contributed by atoms with van der Waals surface area (Å²) in [6, 6.07) is 5.77. The molecule has 1 rings (SSSR count). The molecule has 0 heterocycles. The van der Waals surface area contributed by atoms with Gasteiger partial charge in [-0.25, -0.2) is 14.6 Å². The van der Waals surface area contributed by atoms with E-state index < -0.39 is 23.7 Å². The van der Waals surface area contributed by atoms with E-state index >= 15 is 0 Å². The number of amidine groups is 1. The summed E-state index contributed by atoms with van der Waals surface area (Å²) in [6.07, 6.45) is 1.12. The second-order valence-corrected chi connectivity index (χ2v) is 6.67. The van der Waals surface area contributed by atoms with Crippen LogP contribution < -0.4 is 11.1 Å². The molecule has 0 radical (unpaired) electrons. The van der Waals surface area contributed by atoms with Crippen LogP contribution in [0.1, 0.15) is 32.4 Å². The molecular weight excluding hydrogens is 457 g/mol. The van der Waals surface area contributed by atoms with Gasteiger partial charge < -0.3 is 20.5 Å². The average molecular weight is 481 g/mol. The SMILES string of the molecule is COC(=O)C(NC(=O)OC(C)(C)C)c1ccc(N=C(N)SC)cc1.I. The fourth-order valence-corrected chi connectivity index (χ4v) is 1.93. The van der Waals surface area contributed by atoms with E-state index in [0.29, 0.717) is 16.4 Å². The number of esters is 1. The smallest absolute Gasteiger partial charge is 0.408 e. The molecule has 0 bridgehead atoms. The number of hydrogen-bond donors (Lipinski definition) is 2. The quantitative estimate of drug-likeness (QED) is 0.296. The van der Waals surface area contributed by atoms with E-state index in [1.54, 1.807) is 45.0 Å². The normalized spacial score (nSPS) is 12.6. The van der Waals surface area contributed by atoms with Crippen molar-refractivity contribution in [3.8, 4) is 0 Å². The molecule has 9 heteroatoms. The van der Waals surface area contributed by atoms with Crippen LogP contribution >= 0.6 is 35.7 Å². The number of ether oxygens (including phenoxy) is 2. The first kappa shape index (κ1) is 23.5. The van der Waals surface area contributed by atoms with Crippen molar-refractivity contribution in [2.24, 2.45) is 10.7 Å². The number of amides is 1. The Balaban J connectivity index is 0.00000576. The maximum atomic E-state index is 12.0. The zero-order valence-electron chi connectivity index (χ0n) is 14.9. The molecule has 140 valence electrons. The summed E-state index contributed by atoms with van der Waals surface area (Å²) in [4.78, 5) is 28.1. The van der Waals surface area contributed by atoms with Gasteiger partial charge in [0.05, 0.1) is 12.8 Å². The molecule has 0 aliphatic rings. The van der Waals surface area contributed by atoms with Crippen LogP contribution in [0.3, 0.4) is 0 Å². The number of thioether (sulfide) groups is 1. The zero-order chi connectivity index (χ0) is 18.3. The van der Waals surface area contributed by atoms with Crippen LogP contribution in [-0.4, -0.2) is 36.2 Å². The topological polar surface area (TPSA) is 103 Å². The van der Waals surface area contributed by atoms with Crippen LogP contribution in [0.5, 0.6) is 0 Å². The Labute approximate surface area is 169 Å². The fourth-order valence-electron chi connectivity index (χ4n) is 1.74. The number of nitrogens with two attached hydrogens (primary N) is 1. The lowest BCUT2D eigenvalue weighted by atomic mass is 10.1. The van der Waals surface area contributed by atoms with Crippen molar-refractivity contribution in [2.75, 3.05) is 13.4 Å². The Bertz CT molecular complexity index is 615. The third-order valence-corrected chi connectivity index (χ3v) is 3.28. The molecule has 0 saturated carbocycles. The lowest BCUT2D eigenvalue weighted by Crippen LogP contribution is -2.38. The summed E-state index contributed by atoms with van der Waals surface area (Å²) in [7, 11) is 1.25. The van der Waals surface area contributed by atoms with Gasteiger partial charge in [0, 0.05) is 0 Å². The summed E-state index contributed by atoms with van der Waals surface area (Å²) in [5, 5.41) is 2.94. The van der Waals surface area contributed by atoms with Crippen molar-refractivity contribution < 1.29 is 19.1 Å². The molecule has 0 spiro atoms. The number of carbonyl (C=O) groups is 2. The second kappa shape index (κ2) is 10.5. The minimum absolute atomic E-state index is 0. The van der Waals surface area contributed by atoms with E-state index in [9.17, 15) is 9.59 Å². The molecule has 25 heavy (non-hydrogen) atoms. The maximum Gasteiger partial charge on any atom is 0.408 e. The Morgan fingerprint density at radius 1 is 1.24 bits per heavy atom. The lowest BCUT2D eigenvalue weighted by Gasteiger charge is -2.22. The Morgan fingerprint density at radius 2 is 1.80 bits per heavy atom. The number of carbonyl (C=O) groups excluding carboxylic acids is 2. The average Bonchev–Trinajstić information content (AvgIpc) is 2.51. The lowest BCUT2D eigenvalue weighted by molar-refractivity contribution is -0.143. The van der Waals surface area contributed by atoms with Crippen LogP contribution in [0.4, 0.5) is 10.5 Å². The molecule has 0 saturated heterocycles. The maximum absolute atomic E-state index is 12.0. The van der Waals surface area contributed by atoms with Crippen molar-refractivity contribution in [3.05, 3.63) is 29.8 Å². The van der Waals surface area contributed by atoms with E-state index in [1.165, 1.54) is 18.9 Å². The van der Waals surface area contributed by atoms with Crippen molar-refractivity contribution in [1.29, 1.82) is 0 Å². The number of rotatable bonds is 4. The molecule has 1 atom stereocenters. The number of alkyl carbamates (subject to hydrolysis) is 1. The highest BCUT2D eigenvalue weighted by Gasteiger charge is 2.26. The van der Waals surface area contributed by atoms with Crippen LogP contribution in [0.2, 0.25) is 0 Å². The van der Waals surface area contributed by atoms with E-state index in [-0.39, 0.29) is 24.0 Å². The second-order valence-electron chi connectivity index (χ2n) is 5.85. The van der Waals surface area contributed by atoms with Crippen LogP contribution in [0, 0.1) is 0 Å². The molecule has 0 aliphatic heterocycles. The monoisotopic (exact) mass is 481 g/mol. The Morgan fingerprint density at radius 3 is 2.24 bits per heavy atom. The van der Waals surface area contributed by atoms with Crippen LogP contribution in [0.15, 0.2) is 29.3 Å². The summed E-state index contributed by atoms with van der Waals surface area (Å²) >= 11 is 1.33. The van der Waals surface area contributed by atoms with Gasteiger partial charge in [-0.15, -0.1) is 24.0 Å². The molecule has 3 N–H and O–H groups in total. The van der Waals surface area contributed by atoms with E-state index in [1.807, 2.05) is 6.26 Å². The molecule has 1 aromatic rings. The molecule has 0 aromatic heterocycles. The summed E-state index contributed by atoms with van der Waals surface area (Å²) < 4.78 is 9.93. The predicted octanol–water partition coefficient (Wildman–Crippen LogP) is 3.35. The summed E-state index contributed by atoms with van der Waals surface area (Å²) in [5.74, 6) is -0.597. The number of methoxy groups -OCH3 is 1. The Hall–Kier alpha value is -1.49. The van der Waals surface area contributed by atoms with Gasteiger partial charge in [0.25, 0.3) is 0 Å². The summed E-state index contributed by atoms with van der Waals surface area (Å²) in [5.41, 5.74) is 6.19. The van der Waals surface area contributed by atoms with Crippen LogP contribution in [0.25, 0.3) is 0 Å². The molecule has 1 amide bonds. The van der Waals surface area contributed by atoms with Crippen molar-refractivity contribution >= 4 is 58.7 Å². The molecule has 0 aliphatic carbocycles. The first-order valence-corrected chi connectivity index (χ1v) is 8.44. The van der Waals surface area contributed by atoms with Gasteiger partial charge in [-0.2, -0.15) is 0 Å². The highest BCUT2D eigenvalue weighted by molar-refractivity contribution is 14.0. The van der Waals surface area contributed by atoms with E-state index in [2.05, 4.69) is 10.3 Å². The van der Waals surface area contributed by atoms with Gasteiger partial charge in [-0.05, 0) is 44.7 Å². The van der Waals surface area contributed by atoms with Gasteiger partial charge in [0.15, 0.2) is 11.2 Å². The van der Waals surface area contributed by atoms with E-state index in [0.717, 1.165) is 0 Å². The summed E-state index contributed by atoms with van der Waals surface area (Å²) in [6.45, 7) is 5.22. The number of benzene rings is 1. The number of nitrogens with zero attached hydrogens (tertiary/aromatic N) is 1. The standard InChI is InChI=1S/C16H23N3O4S.HI/c1-16(2,3)23-15(21)19-12(13(20)22-4)10-6-8-11(9-7-10)18-14(17)24-5;/h6-9,12H,1-5H3,(H2,17,18)(H,19,21);1H. The minimum Gasteiger partial charge on any atom is -0.467 e. The van der Waals surface area contributed by atoms with Crippen LogP contribution in [-0.2, 0) is 14.3 Å². The first-order valence-electron chi connectivity index (χ1n) is 7.21. The minimum atomic E-state index is -0.972. The highest BCUT2D eigenvalue weighted by atomic mass is 127. The third-order valence-electron chi connectivity index (χ3n) is 2.77. The van der Waals surface area contributed by atoms with Gasteiger partial charge in [-0.1, -0.05) is 23.9 Å². The first-order chi connectivity index (χ1) is 11.2. The van der Waals surface area contributed by atoms with E-state index in [4.69, 9.17) is 15.2 Å². The number of hydrogen-bond acceptors (Lipinski definition) is 6. The Kier molecular flexibility index (Phi) is 9.86. The van der Waals surface area contributed by atoms with Gasteiger partial charge in [0.2, 0.25) is 0 Å². The number of nitrogens with one attached hydrogen (secondary N) is 1. The molecule has 0 fully saturated rings. The van der Waals surface area contributed by atoms with Crippen molar-refractivity contribution in [3.63, 3.8) is 0 Å². The largest absolute Gasteiger partial charge is 0.467 e. The molecular formula is C16H24IN3O4S. The molecule has 1 unspecified atom stereocenters. The van der Waals surface area contributed by atoms with Crippen molar-refractivity contribution in [2.45, 2.75) is 32.4 Å². The van der Waals surface area contributed by atoms with Crippen molar-refractivity contribution in [1.82, 2.24) is 5.32 Å². The molecule has 7 nitrogen and oxygen atoms in total. The predicted molar refractivity (Wildman–Crippen MR) is 111 cm³/mol. The number of halogens is 1. The number of aliphatic imine (C=N–C) groups is 1. The molecule has 1 aromatic carbocycles. The fraction of sp³-hybridized carbons (Fsp3) is 0.438. The highest BCUT2D eigenvalue weighted by Crippen LogP contribution is 2.21. The van der Waals surface area contributed by atoms with Gasteiger partial charge in [-0.3, -0.25) is 0 Å². The zero-order valence-corrected chi connectivity index (χ0v) is 18.0. The third kappa shape index (κ3) is 8.43. The van der Waals surface area contributed by atoms with Gasteiger partial charge >= 0.3 is 12.1 Å².